The number of carbonyl (C=O) groups excluding carboxylic acids is 3. The van der Waals surface area contributed by atoms with Crippen molar-refractivity contribution in [3.8, 4) is 0 Å². The molecule has 2 aromatic carbocycles. The van der Waals surface area contributed by atoms with Crippen molar-refractivity contribution in [1.82, 2.24) is 24.5 Å². The van der Waals surface area contributed by atoms with E-state index in [9.17, 15) is 14.4 Å². The molecule has 0 spiro atoms. The van der Waals surface area contributed by atoms with Crippen LogP contribution in [0.1, 0.15) is 47.5 Å². The normalized spacial score (nSPS) is 17.1. The van der Waals surface area contributed by atoms with Gasteiger partial charge in [0, 0.05) is 74.9 Å². The maximum Gasteiger partial charge on any atom is 0.320 e. The number of piperidine rings is 1. The highest BCUT2D eigenvalue weighted by Crippen LogP contribution is 2.31. The highest BCUT2D eigenvalue weighted by Gasteiger charge is 2.34. The molecule has 0 aromatic heterocycles. The van der Waals surface area contributed by atoms with Gasteiger partial charge in [-0.25, -0.2) is 4.79 Å². The largest absolute Gasteiger partial charge is 0.399 e. The van der Waals surface area contributed by atoms with E-state index in [-0.39, 0.29) is 42.9 Å². The van der Waals surface area contributed by atoms with Gasteiger partial charge in [-0.15, -0.1) is 0 Å². The number of halogens is 4. The van der Waals surface area contributed by atoms with Gasteiger partial charge in [0.25, 0.3) is 5.91 Å². The van der Waals surface area contributed by atoms with Crippen molar-refractivity contribution in [3.63, 3.8) is 0 Å². The van der Waals surface area contributed by atoms with Gasteiger partial charge in [-0.05, 0) is 68.1 Å². The minimum atomic E-state index is -0.259. The van der Waals surface area contributed by atoms with Gasteiger partial charge < -0.3 is 29.3 Å². The monoisotopic (exact) mass is 726 g/mol. The molecular formula is C33H42Cl4N6O4. The van der Waals surface area contributed by atoms with Crippen molar-refractivity contribution >= 4 is 70.0 Å². The summed E-state index contributed by atoms with van der Waals surface area (Å²) in [5.74, 6) is -0.565. The van der Waals surface area contributed by atoms with Crippen LogP contribution in [0.15, 0.2) is 41.6 Å². The van der Waals surface area contributed by atoms with E-state index in [1.807, 2.05) is 17.0 Å². The number of oxime groups is 1. The number of benzene rings is 2. The fraction of sp³-hybridized carbons (Fsp3) is 0.515. The number of hydrogen-bond donors (Lipinski definition) is 0. The fourth-order valence-electron chi connectivity index (χ4n) is 6.15. The average Bonchev–Trinajstić information content (AvgIpc) is 3.03. The first-order chi connectivity index (χ1) is 22.4. The topological polar surface area (TPSA) is 89.0 Å². The molecule has 2 aliphatic rings. The van der Waals surface area contributed by atoms with E-state index in [0.29, 0.717) is 50.9 Å². The molecule has 2 fully saturated rings. The second-order valence-electron chi connectivity index (χ2n) is 12.2. The van der Waals surface area contributed by atoms with Gasteiger partial charge in [-0.2, -0.15) is 0 Å². The number of carbonyl (C=O) groups is 3. The highest BCUT2D eigenvalue weighted by atomic mass is 35.5. The summed E-state index contributed by atoms with van der Waals surface area (Å²) < 4.78 is 0. The second kappa shape index (κ2) is 17.1. The van der Waals surface area contributed by atoms with Crippen LogP contribution in [0.2, 0.25) is 20.1 Å². The molecule has 2 heterocycles. The third-order valence-corrected chi connectivity index (χ3v) is 9.89. The zero-order chi connectivity index (χ0) is 34.2. The number of likely N-dealkylation sites (tertiary alicyclic amines) is 1. The van der Waals surface area contributed by atoms with Crippen LogP contribution in [0.4, 0.5) is 4.79 Å². The molecule has 14 heteroatoms. The summed E-state index contributed by atoms with van der Waals surface area (Å²) in [7, 11) is 6.58. The van der Waals surface area contributed by atoms with Gasteiger partial charge in [0.05, 0.1) is 22.3 Å². The molecule has 2 aromatic rings. The van der Waals surface area contributed by atoms with Gasteiger partial charge in [0.1, 0.15) is 13.7 Å². The lowest BCUT2D eigenvalue weighted by Crippen LogP contribution is -2.57. The van der Waals surface area contributed by atoms with E-state index in [1.54, 1.807) is 55.2 Å². The molecule has 0 N–H and O–H groups in total. The van der Waals surface area contributed by atoms with Gasteiger partial charge >= 0.3 is 6.03 Å². The van der Waals surface area contributed by atoms with Crippen LogP contribution in [-0.4, -0.2) is 128 Å². The van der Waals surface area contributed by atoms with E-state index in [1.165, 1.54) is 12.0 Å². The molecule has 4 amide bonds. The predicted octanol–water partition coefficient (Wildman–Crippen LogP) is 6.23. The lowest BCUT2D eigenvalue weighted by molar-refractivity contribution is -0.129. The van der Waals surface area contributed by atoms with E-state index in [4.69, 9.17) is 51.2 Å². The summed E-state index contributed by atoms with van der Waals surface area (Å²) in [6.07, 6.45) is 3.22. The number of urea groups is 1. The molecule has 0 aliphatic carbocycles. The Morgan fingerprint density at radius 3 is 2.26 bits per heavy atom. The maximum absolute atomic E-state index is 13.4. The standard InChI is InChI=1S/C33H42Cl4N6O4/c1-39(2)31(44)21-42-11-5-12-43(33(42)46)26-8-13-41(14-9-26)15-10-27(22-6-7-28(36)29(37)18-22)30(38-47-4)20-40(3)32(45)23-16-24(34)19-25(35)17-23/h6-7,16-19,26-27H,5,8-15,20-21H2,1-4H3/b38-30+/t27-/m1/s1. The van der Waals surface area contributed by atoms with Crippen LogP contribution in [-0.2, 0) is 9.63 Å². The number of likely N-dealkylation sites (N-methyl/N-ethyl adjacent to an activating group) is 1. The molecule has 0 radical (unpaired) electrons. The SMILES string of the molecule is CO/N=C(\CN(C)C(=O)c1cc(Cl)cc(Cl)c1)[C@H](CCN1CCC(N2CCCN(CC(=O)N(C)C)C2=O)CC1)c1ccc(Cl)c(Cl)c1. The fourth-order valence-corrected chi connectivity index (χ4v) is 6.98. The molecule has 2 aliphatic heterocycles. The third kappa shape index (κ3) is 9.89. The molecule has 0 saturated carbocycles. The van der Waals surface area contributed by atoms with Crippen molar-refractivity contribution in [2.75, 3.05) is 74.1 Å². The van der Waals surface area contributed by atoms with E-state index >= 15 is 0 Å². The first-order valence-electron chi connectivity index (χ1n) is 15.6. The molecular weight excluding hydrogens is 686 g/mol. The van der Waals surface area contributed by atoms with Crippen molar-refractivity contribution in [1.29, 1.82) is 0 Å². The van der Waals surface area contributed by atoms with Crippen LogP contribution >= 0.6 is 46.4 Å². The Balaban J connectivity index is 1.44. The van der Waals surface area contributed by atoms with Crippen LogP contribution in [0.3, 0.4) is 0 Å². The van der Waals surface area contributed by atoms with Gasteiger partial charge in [-0.3, -0.25) is 9.59 Å². The average molecular weight is 729 g/mol. The van der Waals surface area contributed by atoms with Gasteiger partial charge in [-0.1, -0.05) is 57.6 Å². The third-order valence-electron chi connectivity index (χ3n) is 8.71. The van der Waals surface area contributed by atoms with Crippen molar-refractivity contribution in [2.24, 2.45) is 5.16 Å². The number of hydrogen-bond acceptors (Lipinski definition) is 6. The Labute approximate surface area is 297 Å². The van der Waals surface area contributed by atoms with Crippen LogP contribution in [0.5, 0.6) is 0 Å². The Kier molecular flexibility index (Phi) is 13.5. The van der Waals surface area contributed by atoms with Crippen molar-refractivity contribution in [3.05, 3.63) is 67.6 Å². The van der Waals surface area contributed by atoms with Crippen molar-refractivity contribution < 1.29 is 19.2 Å². The first-order valence-corrected chi connectivity index (χ1v) is 17.1. The molecule has 1 atom stereocenters. The van der Waals surface area contributed by atoms with Gasteiger partial charge in [0.15, 0.2) is 0 Å². The molecule has 0 unspecified atom stereocenters. The van der Waals surface area contributed by atoms with E-state index in [2.05, 4.69) is 10.1 Å². The number of nitrogens with zero attached hydrogens (tertiary/aromatic N) is 6. The quantitative estimate of drug-likeness (QED) is 0.191. The molecule has 47 heavy (non-hydrogen) atoms. The molecule has 2 saturated heterocycles. The molecule has 4 rings (SSSR count). The minimum Gasteiger partial charge on any atom is -0.399 e. The second-order valence-corrected chi connectivity index (χ2v) is 13.9. The Morgan fingerprint density at radius 1 is 0.957 bits per heavy atom. The summed E-state index contributed by atoms with van der Waals surface area (Å²) in [5, 5.41) is 6.01. The van der Waals surface area contributed by atoms with Crippen LogP contribution in [0.25, 0.3) is 0 Å². The number of rotatable bonds is 12. The summed E-state index contributed by atoms with van der Waals surface area (Å²) in [5.41, 5.74) is 1.93. The summed E-state index contributed by atoms with van der Waals surface area (Å²) in [4.78, 5) is 53.2. The summed E-state index contributed by atoms with van der Waals surface area (Å²) in [6.45, 7) is 4.00. The van der Waals surface area contributed by atoms with E-state index in [0.717, 1.165) is 44.5 Å². The zero-order valence-electron chi connectivity index (χ0n) is 27.2. The first kappa shape index (κ1) is 37.1. The minimum absolute atomic E-state index is 0.0521. The zero-order valence-corrected chi connectivity index (χ0v) is 30.2. The predicted molar refractivity (Wildman–Crippen MR) is 188 cm³/mol. The Hall–Kier alpha value is -2.76. The van der Waals surface area contributed by atoms with Crippen molar-refractivity contribution in [2.45, 2.75) is 37.6 Å². The Bertz CT molecular complexity index is 1450. The van der Waals surface area contributed by atoms with Crippen LogP contribution < -0.4 is 0 Å². The lowest BCUT2D eigenvalue weighted by atomic mass is 9.89. The highest BCUT2D eigenvalue weighted by molar-refractivity contribution is 6.42. The molecule has 256 valence electrons. The van der Waals surface area contributed by atoms with E-state index < -0.39 is 0 Å². The smallest absolute Gasteiger partial charge is 0.320 e. The Morgan fingerprint density at radius 2 is 1.64 bits per heavy atom. The summed E-state index contributed by atoms with van der Waals surface area (Å²) in [6, 6.07) is 10.3. The molecule has 0 bridgehead atoms. The number of amides is 4. The maximum atomic E-state index is 13.4. The van der Waals surface area contributed by atoms with Crippen LogP contribution in [0, 0.1) is 0 Å². The molecule has 10 nitrogen and oxygen atoms in total. The lowest BCUT2D eigenvalue weighted by Gasteiger charge is -2.43. The van der Waals surface area contributed by atoms with Gasteiger partial charge in [0.2, 0.25) is 5.91 Å². The summed E-state index contributed by atoms with van der Waals surface area (Å²) >= 11 is 25.0.